The minimum Gasteiger partial charge on any atom is -0.299 e. The quantitative estimate of drug-likeness (QED) is 0.771. The highest BCUT2D eigenvalue weighted by Gasteiger charge is 2.11. The van der Waals surface area contributed by atoms with Crippen molar-refractivity contribution in [3.8, 4) is 0 Å². The molecule has 0 saturated carbocycles. The minimum absolute atomic E-state index is 0.0927. The van der Waals surface area contributed by atoms with Crippen molar-refractivity contribution in [2.24, 2.45) is 0 Å². The molecule has 0 saturated heterocycles. The second kappa shape index (κ2) is 6.66. The maximum atomic E-state index is 12.2. The van der Waals surface area contributed by atoms with Gasteiger partial charge < -0.3 is 0 Å². The van der Waals surface area contributed by atoms with Crippen molar-refractivity contribution in [1.82, 2.24) is 19.7 Å². The average molecular weight is 329 g/mol. The number of hydrogen-bond donors (Lipinski definition) is 1. The molecule has 1 aromatic carbocycles. The molecule has 3 aromatic rings. The van der Waals surface area contributed by atoms with Gasteiger partial charge in [0.25, 0.3) is 5.56 Å². The molecule has 118 valence electrons. The average Bonchev–Trinajstić information content (AvgIpc) is 2.97. The third kappa shape index (κ3) is 3.42. The van der Waals surface area contributed by atoms with Crippen LogP contribution in [0.1, 0.15) is 18.4 Å². The van der Waals surface area contributed by atoms with Gasteiger partial charge in [-0.05, 0) is 18.6 Å². The molecule has 0 unspecified atom stereocenters. The summed E-state index contributed by atoms with van der Waals surface area (Å²) in [6.07, 6.45) is 3.03. The fourth-order valence-electron chi connectivity index (χ4n) is 2.20. The van der Waals surface area contributed by atoms with Crippen molar-refractivity contribution in [3.63, 3.8) is 0 Å². The topological polar surface area (TPSA) is 89.8 Å². The number of aryl methyl sites for hydroxylation is 1. The normalized spacial score (nSPS) is 10.8. The molecule has 2 heterocycles. The summed E-state index contributed by atoms with van der Waals surface area (Å²) in [5, 5.41) is 12.0. The van der Waals surface area contributed by atoms with Crippen LogP contribution in [0, 0.1) is 0 Å². The van der Waals surface area contributed by atoms with E-state index < -0.39 is 0 Å². The van der Waals surface area contributed by atoms with Gasteiger partial charge in [-0.25, -0.2) is 4.98 Å². The molecule has 23 heavy (non-hydrogen) atoms. The number of fused-ring (bicyclic) bond motifs is 1. The van der Waals surface area contributed by atoms with Crippen molar-refractivity contribution in [1.29, 1.82) is 0 Å². The van der Waals surface area contributed by atoms with Crippen LogP contribution in [0.5, 0.6) is 0 Å². The lowest BCUT2D eigenvalue weighted by Gasteiger charge is -2.08. The Labute approximate surface area is 136 Å². The molecule has 2 aromatic heterocycles. The van der Waals surface area contributed by atoms with E-state index >= 15 is 0 Å². The number of anilines is 1. The van der Waals surface area contributed by atoms with Gasteiger partial charge in [0.15, 0.2) is 0 Å². The number of aromatic nitrogens is 4. The van der Waals surface area contributed by atoms with Crippen LogP contribution in [-0.4, -0.2) is 25.7 Å². The Bertz CT molecular complexity index is 902. The number of rotatable bonds is 5. The highest BCUT2D eigenvalue weighted by Crippen LogP contribution is 2.16. The largest absolute Gasteiger partial charge is 0.299 e. The summed E-state index contributed by atoms with van der Waals surface area (Å²) < 4.78 is 1.39. The van der Waals surface area contributed by atoms with Crippen molar-refractivity contribution in [2.45, 2.75) is 26.3 Å². The molecule has 0 bridgehead atoms. The SMILES string of the molecule is CCCc1nnc(NC(=O)Cn2c(=O)cnc3ccccc32)s1. The van der Waals surface area contributed by atoms with Crippen LogP contribution in [0.3, 0.4) is 0 Å². The van der Waals surface area contributed by atoms with Crippen LogP contribution in [0.4, 0.5) is 5.13 Å². The summed E-state index contributed by atoms with van der Waals surface area (Å²) in [4.78, 5) is 28.3. The predicted molar refractivity (Wildman–Crippen MR) is 88.5 cm³/mol. The lowest BCUT2D eigenvalue weighted by Crippen LogP contribution is -2.27. The van der Waals surface area contributed by atoms with E-state index in [9.17, 15) is 9.59 Å². The highest BCUT2D eigenvalue weighted by atomic mass is 32.1. The first-order valence-corrected chi connectivity index (χ1v) is 8.06. The number of nitrogens with one attached hydrogen (secondary N) is 1. The Kier molecular flexibility index (Phi) is 4.42. The summed E-state index contributed by atoms with van der Waals surface area (Å²) >= 11 is 1.35. The van der Waals surface area contributed by atoms with Crippen LogP contribution in [0.25, 0.3) is 11.0 Å². The molecule has 7 nitrogen and oxygen atoms in total. The third-order valence-corrected chi connectivity index (χ3v) is 4.13. The highest BCUT2D eigenvalue weighted by molar-refractivity contribution is 7.15. The zero-order valence-electron chi connectivity index (χ0n) is 12.5. The van der Waals surface area contributed by atoms with Crippen LogP contribution in [0.15, 0.2) is 35.3 Å². The van der Waals surface area contributed by atoms with E-state index in [2.05, 4.69) is 27.4 Å². The van der Waals surface area contributed by atoms with E-state index in [1.165, 1.54) is 22.1 Å². The smallest absolute Gasteiger partial charge is 0.269 e. The number of benzene rings is 1. The molecular formula is C15H15N5O2S. The summed E-state index contributed by atoms with van der Waals surface area (Å²) in [7, 11) is 0. The van der Waals surface area contributed by atoms with Gasteiger partial charge in [-0.3, -0.25) is 19.5 Å². The maximum absolute atomic E-state index is 12.2. The lowest BCUT2D eigenvalue weighted by atomic mass is 10.3. The fraction of sp³-hybridized carbons (Fsp3) is 0.267. The Morgan fingerprint density at radius 2 is 2.13 bits per heavy atom. The number of hydrogen-bond acceptors (Lipinski definition) is 6. The zero-order valence-corrected chi connectivity index (χ0v) is 13.3. The molecule has 0 spiro atoms. The molecule has 0 fully saturated rings. The first-order chi connectivity index (χ1) is 11.2. The molecule has 1 N–H and O–H groups in total. The number of carbonyl (C=O) groups is 1. The Hall–Kier alpha value is -2.61. The molecule has 0 atom stereocenters. The number of nitrogens with zero attached hydrogens (tertiary/aromatic N) is 4. The van der Waals surface area contributed by atoms with Gasteiger partial charge in [-0.2, -0.15) is 0 Å². The number of para-hydroxylation sites is 2. The summed E-state index contributed by atoms with van der Waals surface area (Å²) in [5.74, 6) is -0.317. The van der Waals surface area contributed by atoms with Gasteiger partial charge in [-0.1, -0.05) is 30.4 Å². The van der Waals surface area contributed by atoms with E-state index in [0.717, 1.165) is 17.8 Å². The second-order valence-corrected chi connectivity index (χ2v) is 6.03. The first-order valence-electron chi connectivity index (χ1n) is 7.24. The van der Waals surface area contributed by atoms with E-state index in [1.807, 2.05) is 6.07 Å². The summed E-state index contributed by atoms with van der Waals surface area (Å²) in [6, 6.07) is 7.20. The number of amides is 1. The first kappa shape index (κ1) is 15.3. The van der Waals surface area contributed by atoms with Gasteiger partial charge in [0.05, 0.1) is 17.2 Å². The van der Waals surface area contributed by atoms with E-state index in [-0.39, 0.29) is 18.0 Å². The molecule has 1 amide bonds. The van der Waals surface area contributed by atoms with E-state index in [0.29, 0.717) is 16.2 Å². The molecular weight excluding hydrogens is 314 g/mol. The van der Waals surface area contributed by atoms with Crippen LogP contribution in [-0.2, 0) is 17.8 Å². The molecule has 0 aliphatic rings. The Balaban J connectivity index is 1.80. The summed E-state index contributed by atoms with van der Waals surface area (Å²) in [6.45, 7) is 1.96. The van der Waals surface area contributed by atoms with Gasteiger partial charge in [-0.15, -0.1) is 10.2 Å². The Morgan fingerprint density at radius 1 is 1.30 bits per heavy atom. The van der Waals surface area contributed by atoms with Gasteiger partial charge in [0.2, 0.25) is 11.0 Å². The zero-order chi connectivity index (χ0) is 16.2. The van der Waals surface area contributed by atoms with Crippen molar-refractivity contribution in [2.75, 3.05) is 5.32 Å². The third-order valence-electron chi connectivity index (χ3n) is 3.23. The van der Waals surface area contributed by atoms with Gasteiger partial charge in [0.1, 0.15) is 11.6 Å². The molecule has 0 aliphatic heterocycles. The van der Waals surface area contributed by atoms with Crippen LogP contribution in [0.2, 0.25) is 0 Å². The van der Waals surface area contributed by atoms with E-state index in [1.54, 1.807) is 18.2 Å². The van der Waals surface area contributed by atoms with Crippen molar-refractivity contribution < 1.29 is 4.79 Å². The number of carbonyl (C=O) groups excluding carboxylic acids is 1. The standard InChI is InChI=1S/C15H15N5O2S/c1-2-5-13-18-19-15(23-13)17-12(21)9-20-11-7-4-3-6-10(11)16-8-14(20)22/h3-4,6-8H,2,5,9H2,1H3,(H,17,19,21). The van der Waals surface area contributed by atoms with Crippen molar-refractivity contribution >= 4 is 33.4 Å². The lowest BCUT2D eigenvalue weighted by molar-refractivity contribution is -0.116. The molecule has 0 radical (unpaired) electrons. The van der Waals surface area contributed by atoms with Crippen molar-refractivity contribution in [3.05, 3.63) is 45.8 Å². The van der Waals surface area contributed by atoms with Gasteiger partial charge in [0, 0.05) is 6.42 Å². The Morgan fingerprint density at radius 3 is 2.96 bits per heavy atom. The van der Waals surface area contributed by atoms with E-state index in [4.69, 9.17) is 0 Å². The van der Waals surface area contributed by atoms with Crippen LogP contribution < -0.4 is 10.9 Å². The van der Waals surface area contributed by atoms with Crippen LogP contribution >= 0.6 is 11.3 Å². The predicted octanol–water partition coefficient (Wildman–Crippen LogP) is 1.84. The monoisotopic (exact) mass is 329 g/mol. The summed E-state index contributed by atoms with van der Waals surface area (Å²) in [5.41, 5.74) is 0.975. The van der Waals surface area contributed by atoms with Gasteiger partial charge >= 0.3 is 0 Å². The second-order valence-electron chi connectivity index (χ2n) is 4.97. The molecule has 3 rings (SSSR count). The maximum Gasteiger partial charge on any atom is 0.269 e. The molecule has 8 heteroatoms. The minimum atomic E-state index is -0.317. The molecule has 0 aliphatic carbocycles. The fourth-order valence-corrected chi connectivity index (χ4v) is 3.06.